The molecule has 0 bridgehead atoms. The van der Waals surface area contributed by atoms with E-state index in [1.54, 1.807) is 0 Å². The summed E-state index contributed by atoms with van der Waals surface area (Å²) in [6.07, 6.45) is 2.70. The van der Waals surface area contributed by atoms with Gasteiger partial charge in [0.1, 0.15) is 5.82 Å². The Morgan fingerprint density at radius 3 is 3.00 bits per heavy atom. The zero-order valence-electron chi connectivity index (χ0n) is 7.33. The van der Waals surface area contributed by atoms with Crippen molar-refractivity contribution in [2.24, 2.45) is 0 Å². The van der Waals surface area contributed by atoms with Gasteiger partial charge in [-0.15, -0.1) is 0 Å². The largest absolute Gasteiger partial charge is 0.385 e. The van der Waals surface area contributed by atoms with Gasteiger partial charge < -0.3 is 10.7 Å². The van der Waals surface area contributed by atoms with Crippen LogP contribution in [0.5, 0.6) is 0 Å². The zero-order valence-corrected chi connectivity index (χ0v) is 8.15. The van der Waals surface area contributed by atoms with Crippen molar-refractivity contribution in [3.63, 3.8) is 0 Å². The number of aromatic amines is 1. The van der Waals surface area contributed by atoms with Gasteiger partial charge in [-0.05, 0) is 18.6 Å². The van der Waals surface area contributed by atoms with E-state index < -0.39 is 0 Å². The molecule has 0 atom stereocenters. The van der Waals surface area contributed by atoms with Crippen molar-refractivity contribution in [1.82, 2.24) is 9.97 Å². The summed E-state index contributed by atoms with van der Waals surface area (Å²) in [6, 6.07) is 0. The lowest BCUT2D eigenvalue weighted by atomic mass is 10.1. The van der Waals surface area contributed by atoms with Crippen molar-refractivity contribution in [1.29, 1.82) is 0 Å². The number of hydrogen-bond donors (Lipinski definition) is 2. The summed E-state index contributed by atoms with van der Waals surface area (Å²) in [5.74, 6) is 0.303. The highest BCUT2D eigenvalue weighted by molar-refractivity contribution is 7.71. The van der Waals surface area contributed by atoms with Gasteiger partial charge in [-0.3, -0.25) is 4.79 Å². The van der Waals surface area contributed by atoms with Crippen LogP contribution in [0.2, 0.25) is 0 Å². The lowest BCUT2D eigenvalue weighted by molar-refractivity contribution is 0.0982. The highest BCUT2D eigenvalue weighted by atomic mass is 32.1. The van der Waals surface area contributed by atoms with Gasteiger partial charge in [-0.25, -0.2) is 4.98 Å². The second-order valence-electron chi connectivity index (χ2n) is 2.69. The quantitative estimate of drug-likeness (QED) is 0.571. The van der Waals surface area contributed by atoms with Crippen LogP contribution in [0.3, 0.4) is 0 Å². The first kappa shape index (κ1) is 9.85. The molecule has 0 spiro atoms. The lowest BCUT2D eigenvalue weighted by Gasteiger charge is -2.01. The van der Waals surface area contributed by atoms with E-state index >= 15 is 0 Å². The minimum absolute atomic E-state index is 0.00116. The van der Waals surface area contributed by atoms with Crippen LogP contribution < -0.4 is 5.73 Å². The van der Waals surface area contributed by atoms with Crippen LogP contribution >= 0.6 is 12.2 Å². The van der Waals surface area contributed by atoms with Crippen LogP contribution in [0.25, 0.3) is 0 Å². The molecule has 1 rings (SSSR count). The van der Waals surface area contributed by atoms with Gasteiger partial charge in [-0.2, -0.15) is 0 Å². The Morgan fingerprint density at radius 1 is 1.77 bits per heavy atom. The van der Waals surface area contributed by atoms with E-state index in [2.05, 4.69) is 9.97 Å². The summed E-state index contributed by atoms with van der Waals surface area (Å²) in [4.78, 5) is 17.8. The third kappa shape index (κ3) is 2.35. The van der Waals surface area contributed by atoms with E-state index in [-0.39, 0.29) is 5.78 Å². The molecule has 0 fully saturated rings. The van der Waals surface area contributed by atoms with Gasteiger partial charge in [0.15, 0.2) is 10.6 Å². The molecule has 5 heteroatoms. The molecule has 1 heterocycles. The molecule has 0 aliphatic heterocycles. The second-order valence-corrected chi connectivity index (χ2v) is 3.08. The number of nitrogens with two attached hydrogens (primary N) is 1. The fraction of sp³-hybridized carbons (Fsp3) is 0.375. The van der Waals surface area contributed by atoms with Crippen LogP contribution in [0, 0.1) is 4.77 Å². The minimum Gasteiger partial charge on any atom is -0.385 e. The average Bonchev–Trinajstić information content (AvgIpc) is 2.04. The molecule has 0 radical (unpaired) electrons. The number of aromatic nitrogens is 2. The van der Waals surface area contributed by atoms with Crippen molar-refractivity contribution in [2.45, 2.75) is 19.8 Å². The summed E-state index contributed by atoms with van der Waals surface area (Å²) in [5.41, 5.74) is 6.00. The first-order valence-corrected chi connectivity index (χ1v) is 4.44. The van der Waals surface area contributed by atoms with E-state index in [1.165, 1.54) is 6.20 Å². The topological polar surface area (TPSA) is 71.8 Å². The highest BCUT2D eigenvalue weighted by Crippen LogP contribution is 2.09. The molecular weight excluding hydrogens is 186 g/mol. The van der Waals surface area contributed by atoms with Crippen LogP contribution in [0.15, 0.2) is 6.20 Å². The molecule has 0 aromatic carbocycles. The molecule has 3 N–H and O–H groups in total. The standard InChI is InChI=1S/C8H11N3OS/c1-2-3-6(12)5-4-10-8(13)11-7(5)9/h4H,2-3H2,1H3,(H3,9,10,11,13). The fourth-order valence-corrected chi connectivity index (χ4v) is 1.15. The maximum absolute atomic E-state index is 11.4. The molecule has 0 aliphatic carbocycles. The predicted octanol–water partition coefficient (Wildman–Crippen LogP) is 1.70. The number of hydrogen-bond acceptors (Lipinski definition) is 4. The van der Waals surface area contributed by atoms with Crippen molar-refractivity contribution in [3.05, 3.63) is 16.5 Å². The summed E-state index contributed by atoms with van der Waals surface area (Å²) >= 11 is 4.75. The second kappa shape index (κ2) is 4.13. The number of nitrogens with one attached hydrogen (secondary N) is 1. The normalized spacial score (nSPS) is 9.92. The maximum Gasteiger partial charge on any atom is 0.198 e. The van der Waals surface area contributed by atoms with Gasteiger partial charge in [0.05, 0.1) is 5.56 Å². The first-order valence-electron chi connectivity index (χ1n) is 4.03. The van der Waals surface area contributed by atoms with Gasteiger partial charge in [0.2, 0.25) is 0 Å². The van der Waals surface area contributed by atoms with Crippen LogP contribution in [0.4, 0.5) is 5.82 Å². The highest BCUT2D eigenvalue weighted by Gasteiger charge is 2.08. The number of anilines is 1. The van der Waals surface area contributed by atoms with Gasteiger partial charge in [-0.1, -0.05) is 6.92 Å². The number of nitrogens with zero attached hydrogens (tertiary/aromatic N) is 1. The Labute approximate surface area is 81.2 Å². The number of nitrogen functional groups attached to an aromatic ring is 1. The van der Waals surface area contributed by atoms with E-state index in [1.807, 2.05) is 6.92 Å². The molecule has 0 saturated carbocycles. The SMILES string of the molecule is CCCC(=O)c1cnc(=S)[nH]c1N. The molecule has 4 nitrogen and oxygen atoms in total. The van der Waals surface area contributed by atoms with Crippen molar-refractivity contribution < 1.29 is 4.79 Å². The third-order valence-corrected chi connectivity index (χ3v) is 1.83. The third-order valence-electron chi connectivity index (χ3n) is 1.62. The molecule has 0 amide bonds. The van der Waals surface area contributed by atoms with Gasteiger partial charge in [0.25, 0.3) is 0 Å². The summed E-state index contributed by atoms with van der Waals surface area (Å²) < 4.78 is 0.297. The number of Topliss-reactive ketones (excluding diaryl/α,β-unsaturated/α-hetero) is 1. The van der Waals surface area contributed by atoms with E-state index in [4.69, 9.17) is 18.0 Å². The fourth-order valence-electron chi connectivity index (χ4n) is 0.991. The lowest BCUT2D eigenvalue weighted by Crippen LogP contribution is -2.06. The monoisotopic (exact) mass is 197 g/mol. The smallest absolute Gasteiger partial charge is 0.198 e. The van der Waals surface area contributed by atoms with Crippen LogP contribution in [-0.2, 0) is 0 Å². The molecule has 1 aromatic rings. The number of carbonyl (C=O) groups excluding carboxylic acids is 1. The first-order chi connectivity index (χ1) is 6.15. The number of H-pyrrole nitrogens is 1. The van der Waals surface area contributed by atoms with E-state index in [0.717, 1.165) is 6.42 Å². The molecule has 0 unspecified atom stereocenters. The Bertz CT molecular complexity index is 372. The number of carbonyl (C=O) groups is 1. The summed E-state index contributed by atoms with van der Waals surface area (Å²) in [5, 5.41) is 0. The van der Waals surface area contributed by atoms with Gasteiger partial charge >= 0.3 is 0 Å². The Hall–Kier alpha value is -1.23. The Kier molecular flexibility index (Phi) is 3.13. The predicted molar refractivity (Wildman–Crippen MR) is 53.1 cm³/mol. The van der Waals surface area contributed by atoms with Crippen LogP contribution in [0.1, 0.15) is 30.1 Å². The molecular formula is C8H11N3OS. The van der Waals surface area contributed by atoms with Crippen LogP contribution in [-0.4, -0.2) is 15.8 Å². The summed E-state index contributed by atoms with van der Waals surface area (Å²) in [7, 11) is 0. The molecule has 70 valence electrons. The number of ketones is 1. The van der Waals surface area contributed by atoms with Crippen molar-refractivity contribution in [2.75, 3.05) is 5.73 Å². The van der Waals surface area contributed by atoms with Crippen molar-refractivity contribution >= 4 is 23.8 Å². The Morgan fingerprint density at radius 2 is 2.46 bits per heavy atom. The van der Waals surface area contributed by atoms with E-state index in [0.29, 0.717) is 22.6 Å². The maximum atomic E-state index is 11.4. The molecule has 1 aromatic heterocycles. The minimum atomic E-state index is -0.00116. The van der Waals surface area contributed by atoms with E-state index in [9.17, 15) is 4.79 Å². The molecule has 0 aliphatic rings. The molecule has 13 heavy (non-hydrogen) atoms. The summed E-state index contributed by atoms with van der Waals surface area (Å²) in [6.45, 7) is 1.94. The zero-order chi connectivity index (χ0) is 9.84. The Balaban J connectivity index is 3.02. The van der Waals surface area contributed by atoms with Gasteiger partial charge in [0, 0.05) is 12.6 Å². The van der Waals surface area contributed by atoms with Crippen molar-refractivity contribution in [3.8, 4) is 0 Å². The average molecular weight is 197 g/mol. The molecule has 0 saturated heterocycles. The number of rotatable bonds is 3.